The largest absolute Gasteiger partial charge is 0.452 e. The van der Waals surface area contributed by atoms with Gasteiger partial charge in [0.05, 0.1) is 0 Å². The molecule has 0 bridgehead atoms. The van der Waals surface area contributed by atoms with Gasteiger partial charge in [-0.25, -0.2) is 0 Å². The second-order valence-electron chi connectivity index (χ2n) is 3.88. The summed E-state index contributed by atoms with van der Waals surface area (Å²) in [6.45, 7) is -1.03. The van der Waals surface area contributed by atoms with Crippen molar-refractivity contribution in [2.24, 2.45) is 0 Å². The molecule has 2 heterocycles. The molecule has 0 N–H and O–H groups in total. The number of nitrogens with zero attached hydrogens (tertiary/aromatic N) is 1. The summed E-state index contributed by atoms with van der Waals surface area (Å²) in [4.78, 5) is 4.17. The number of furan rings is 1. The van der Waals surface area contributed by atoms with Gasteiger partial charge in [-0.15, -0.1) is 0 Å². The van der Waals surface area contributed by atoms with Crippen LogP contribution in [0, 0.1) is 6.92 Å². The van der Waals surface area contributed by atoms with Crippen LogP contribution < -0.4 is 4.74 Å². The molecule has 0 aliphatic rings. The predicted octanol–water partition coefficient (Wildman–Crippen LogP) is 3.89. The molecular formula is C13H9F2NO2. The number of halogens is 2. The molecule has 0 aliphatic heterocycles. The molecule has 18 heavy (non-hydrogen) atoms. The van der Waals surface area contributed by atoms with Crippen molar-refractivity contribution in [3.05, 3.63) is 36.2 Å². The lowest BCUT2D eigenvalue weighted by Crippen LogP contribution is -2.01. The van der Waals surface area contributed by atoms with E-state index < -0.39 is 6.61 Å². The van der Waals surface area contributed by atoms with Crippen LogP contribution in [-0.4, -0.2) is 11.6 Å². The van der Waals surface area contributed by atoms with Crippen molar-refractivity contribution in [3.8, 4) is 5.75 Å². The lowest BCUT2D eigenvalue weighted by atomic mass is 10.1. The Balaban J connectivity index is 2.36. The quantitative estimate of drug-likeness (QED) is 0.691. The predicted molar refractivity (Wildman–Crippen MR) is 62.9 cm³/mol. The van der Waals surface area contributed by atoms with Crippen LogP contribution in [0.3, 0.4) is 0 Å². The van der Waals surface area contributed by atoms with E-state index >= 15 is 0 Å². The zero-order valence-electron chi connectivity index (χ0n) is 9.48. The molecular weight excluding hydrogens is 240 g/mol. The lowest BCUT2D eigenvalue weighted by molar-refractivity contribution is -0.0493. The number of hydrogen-bond acceptors (Lipinski definition) is 3. The summed E-state index contributed by atoms with van der Waals surface area (Å²) in [6, 6.07) is 6.61. The van der Waals surface area contributed by atoms with Crippen molar-refractivity contribution < 1.29 is 17.9 Å². The van der Waals surface area contributed by atoms with E-state index in [0.717, 1.165) is 16.5 Å². The Morgan fingerprint density at radius 2 is 2.11 bits per heavy atom. The average molecular weight is 249 g/mol. The van der Waals surface area contributed by atoms with Crippen LogP contribution in [0.5, 0.6) is 5.75 Å². The van der Waals surface area contributed by atoms with E-state index in [9.17, 15) is 8.78 Å². The van der Waals surface area contributed by atoms with Gasteiger partial charge in [0.1, 0.15) is 5.58 Å². The van der Waals surface area contributed by atoms with Crippen LogP contribution in [0.1, 0.15) is 5.69 Å². The Hall–Kier alpha value is -2.17. The fourth-order valence-electron chi connectivity index (χ4n) is 2.07. The highest BCUT2D eigenvalue weighted by molar-refractivity contribution is 6.07. The minimum atomic E-state index is -2.87. The molecule has 0 unspecified atom stereocenters. The zero-order valence-corrected chi connectivity index (χ0v) is 9.48. The maximum Gasteiger partial charge on any atom is 0.387 e. The summed E-state index contributed by atoms with van der Waals surface area (Å²) in [6.07, 6.45) is 1.62. The Kier molecular flexibility index (Phi) is 2.40. The van der Waals surface area contributed by atoms with Crippen molar-refractivity contribution in [2.75, 3.05) is 0 Å². The third-order valence-corrected chi connectivity index (χ3v) is 2.78. The van der Waals surface area contributed by atoms with Crippen molar-refractivity contribution in [1.82, 2.24) is 4.98 Å². The Morgan fingerprint density at radius 3 is 2.89 bits per heavy atom. The summed E-state index contributed by atoms with van der Waals surface area (Å²) < 4.78 is 34.6. The van der Waals surface area contributed by atoms with Crippen molar-refractivity contribution in [2.45, 2.75) is 13.5 Å². The molecule has 0 spiro atoms. The highest BCUT2D eigenvalue weighted by atomic mass is 19.3. The third kappa shape index (κ3) is 1.59. The SMILES string of the molecule is Cc1nccc2oc3c(OC(F)F)cccc3c12. The first-order chi connectivity index (χ1) is 8.66. The number of para-hydroxylation sites is 1. The molecule has 0 radical (unpaired) electrons. The first-order valence-electron chi connectivity index (χ1n) is 5.38. The van der Waals surface area contributed by atoms with Crippen LogP contribution >= 0.6 is 0 Å². The maximum absolute atomic E-state index is 12.3. The standard InChI is InChI=1S/C13H9F2NO2/c1-7-11-8-3-2-4-10(18-13(14)15)12(8)17-9(11)5-6-16-7/h2-6,13H,1H3. The van der Waals surface area contributed by atoms with Gasteiger partial charge in [-0.3, -0.25) is 4.98 Å². The normalized spacial score (nSPS) is 11.6. The monoisotopic (exact) mass is 249 g/mol. The first kappa shape index (κ1) is 11.0. The van der Waals surface area contributed by atoms with Gasteiger partial charge in [0.15, 0.2) is 11.3 Å². The molecule has 3 nitrogen and oxygen atoms in total. The first-order valence-corrected chi connectivity index (χ1v) is 5.38. The van der Waals surface area contributed by atoms with Gasteiger partial charge >= 0.3 is 6.61 Å². The highest BCUT2D eigenvalue weighted by Gasteiger charge is 2.15. The molecule has 0 saturated heterocycles. The fraction of sp³-hybridized carbons (Fsp3) is 0.154. The van der Waals surface area contributed by atoms with Crippen LogP contribution in [-0.2, 0) is 0 Å². The highest BCUT2D eigenvalue weighted by Crippen LogP contribution is 2.35. The number of pyridine rings is 1. The molecule has 0 aliphatic carbocycles. The number of rotatable bonds is 2. The summed E-state index contributed by atoms with van der Waals surface area (Å²) in [5, 5.41) is 1.56. The fourth-order valence-corrected chi connectivity index (χ4v) is 2.07. The molecule has 3 rings (SSSR count). The van der Waals surface area contributed by atoms with Crippen molar-refractivity contribution in [3.63, 3.8) is 0 Å². The molecule has 3 aromatic rings. The van der Waals surface area contributed by atoms with E-state index in [4.69, 9.17) is 4.42 Å². The minimum Gasteiger partial charge on any atom is -0.452 e. The molecule has 0 saturated carbocycles. The van der Waals surface area contributed by atoms with E-state index in [0.29, 0.717) is 11.2 Å². The third-order valence-electron chi connectivity index (χ3n) is 2.78. The van der Waals surface area contributed by atoms with Gasteiger partial charge in [-0.1, -0.05) is 12.1 Å². The number of aryl methyl sites for hydroxylation is 1. The smallest absolute Gasteiger partial charge is 0.387 e. The van der Waals surface area contributed by atoms with Gasteiger partial charge in [0, 0.05) is 22.7 Å². The van der Waals surface area contributed by atoms with Gasteiger partial charge in [-0.2, -0.15) is 8.78 Å². The van der Waals surface area contributed by atoms with E-state index in [1.54, 1.807) is 24.4 Å². The molecule has 0 fully saturated rings. The van der Waals surface area contributed by atoms with Crippen LogP contribution in [0.2, 0.25) is 0 Å². The van der Waals surface area contributed by atoms with Crippen molar-refractivity contribution in [1.29, 1.82) is 0 Å². The summed E-state index contributed by atoms with van der Waals surface area (Å²) >= 11 is 0. The van der Waals surface area contributed by atoms with Crippen LogP contribution in [0.25, 0.3) is 21.9 Å². The lowest BCUT2D eigenvalue weighted by Gasteiger charge is -2.03. The number of aromatic nitrogens is 1. The molecule has 1 aromatic carbocycles. The summed E-state index contributed by atoms with van der Waals surface area (Å²) in [5.41, 5.74) is 1.73. The van der Waals surface area contributed by atoms with Gasteiger partial charge in [0.2, 0.25) is 0 Å². The topological polar surface area (TPSA) is 35.3 Å². The summed E-state index contributed by atoms with van der Waals surface area (Å²) in [7, 11) is 0. The molecule has 2 aromatic heterocycles. The van der Waals surface area contributed by atoms with Gasteiger partial charge in [-0.05, 0) is 19.1 Å². The number of hydrogen-bond donors (Lipinski definition) is 0. The van der Waals surface area contributed by atoms with E-state index in [-0.39, 0.29) is 5.75 Å². The number of benzene rings is 1. The molecule has 5 heteroatoms. The van der Waals surface area contributed by atoms with Gasteiger partial charge in [0.25, 0.3) is 0 Å². The van der Waals surface area contributed by atoms with Crippen molar-refractivity contribution >= 4 is 21.9 Å². The summed E-state index contributed by atoms with van der Waals surface area (Å²) in [5.74, 6) is 0.0399. The molecule has 0 amide bonds. The van der Waals surface area contributed by atoms with E-state index in [1.165, 1.54) is 6.07 Å². The van der Waals surface area contributed by atoms with Crippen LogP contribution in [0.15, 0.2) is 34.9 Å². The zero-order chi connectivity index (χ0) is 12.7. The second kappa shape index (κ2) is 3.94. The Labute approximate surface area is 101 Å². The van der Waals surface area contributed by atoms with E-state index in [1.807, 2.05) is 6.92 Å². The van der Waals surface area contributed by atoms with Crippen LogP contribution in [0.4, 0.5) is 8.78 Å². The number of fused-ring (bicyclic) bond motifs is 3. The Morgan fingerprint density at radius 1 is 1.28 bits per heavy atom. The average Bonchev–Trinajstić information content (AvgIpc) is 2.69. The second-order valence-corrected chi connectivity index (χ2v) is 3.88. The molecule has 0 atom stereocenters. The minimum absolute atomic E-state index is 0.0399. The molecule has 92 valence electrons. The Bertz CT molecular complexity index is 721. The maximum atomic E-state index is 12.3. The number of ether oxygens (including phenoxy) is 1. The number of alkyl halides is 2. The van der Waals surface area contributed by atoms with Gasteiger partial charge < -0.3 is 9.15 Å². The van der Waals surface area contributed by atoms with E-state index in [2.05, 4.69) is 9.72 Å².